The van der Waals surface area contributed by atoms with E-state index in [9.17, 15) is 14.4 Å². The monoisotopic (exact) mass is 369 g/mol. The molecule has 2 amide bonds. The minimum absolute atomic E-state index is 0.114. The quantitative estimate of drug-likeness (QED) is 0.651. The molecule has 0 aromatic heterocycles. The van der Waals surface area contributed by atoms with E-state index >= 15 is 0 Å². The van der Waals surface area contributed by atoms with Crippen LogP contribution in [0.3, 0.4) is 0 Å². The molecule has 2 aromatic carbocycles. The summed E-state index contributed by atoms with van der Waals surface area (Å²) in [7, 11) is 1.53. The molecule has 0 heterocycles. The van der Waals surface area contributed by atoms with E-state index in [0.717, 1.165) is 0 Å². The lowest BCUT2D eigenvalue weighted by Crippen LogP contribution is -2.26. The lowest BCUT2D eigenvalue weighted by Gasteiger charge is -2.18. The summed E-state index contributed by atoms with van der Waals surface area (Å²) in [6.07, 6.45) is 0. The fraction of sp³-hybridized carbons (Fsp3) is 0.250. The second kappa shape index (κ2) is 8.84. The Morgan fingerprint density at radius 1 is 0.889 bits per heavy atom. The van der Waals surface area contributed by atoms with Gasteiger partial charge in [-0.1, -0.05) is 0 Å². The van der Waals surface area contributed by atoms with E-state index in [-0.39, 0.29) is 17.6 Å². The molecule has 0 saturated carbocycles. The molecule has 1 atom stereocenters. The Bertz CT molecular complexity index is 847. The molecule has 2 aromatic rings. The van der Waals surface area contributed by atoms with Gasteiger partial charge in [0.25, 0.3) is 0 Å². The third-order valence-electron chi connectivity index (χ3n) is 3.77. The van der Waals surface area contributed by atoms with Crippen molar-refractivity contribution in [1.29, 1.82) is 0 Å². The van der Waals surface area contributed by atoms with Crippen molar-refractivity contribution in [1.82, 2.24) is 0 Å². The van der Waals surface area contributed by atoms with Gasteiger partial charge in [-0.2, -0.15) is 0 Å². The topological polar surface area (TPSA) is 96.5 Å². The van der Waals surface area contributed by atoms with Crippen molar-refractivity contribution in [2.75, 3.05) is 23.1 Å². The highest BCUT2D eigenvalue weighted by molar-refractivity contribution is 6.02. The summed E-state index contributed by atoms with van der Waals surface area (Å²) in [5.41, 5.74) is 2.34. The molecule has 27 heavy (non-hydrogen) atoms. The minimum Gasteiger partial charge on any atom is -0.495 e. The minimum atomic E-state index is -0.530. The van der Waals surface area contributed by atoms with Crippen molar-refractivity contribution in [2.45, 2.75) is 26.8 Å². The Hall–Kier alpha value is -3.35. The predicted octanol–water partition coefficient (Wildman–Crippen LogP) is 3.30. The van der Waals surface area contributed by atoms with Crippen LogP contribution >= 0.6 is 0 Å². The largest absolute Gasteiger partial charge is 0.495 e. The third kappa shape index (κ3) is 5.57. The molecule has 0 spiro atoms. The van der Waals surface area contributed by atoms with E-state index in [2.05, 4.69) is 16.0 Å². The molecule has 3 N–H and O–H groups in total. The number of methoxy groups -OCH3 is 1. The lowest BCUT2D eigenvalue weighted by molar-refractivity contribution is -0.115. The zero-order valence-corrected chi connectivity index (χ0v) is 15.8. The molecule has 7 heteroatoms. The number of anilines is 3. The summed E-state index contributed by atoms with van der Waals surface area (Å²) in [5.74, 6) is 0.0888. The van der Waals surface area contributed by atoms with Crippen molar-refractivity contribution in [3.05, 3.63) is 48.0 Å². The zero-order chi connectivity index (χ0) is 20.0. The van der Waals surface area contributed by atoms with Crippen LogP contribution in [-0.4, -0.2) is 30.7 Å². The van der Waals surface area contributed by atoms with Crippen LogP contribution in [0.25, 0.3) is 0 Å². The van der Waals surface area contributed by atoms with E-state index in [1.807, 2.05) is 0 Å². The van der Waals surface area contributed by atoms with Crippen molar-refractivity contribution in [3.63, 3.8) is 0 Å². The van der Waals surface area contributed by atoms with Crippen molar-refractivity contribution in [2.24, 2.45) is 0 Å². The van der Waals surface area contributed by atoms with Crippen molar-refractivity contribution in [3.8, 4) is 5.75 Å². The maximum absolute atomic E-state index is 12.7. The standard InChI is InChI=1S/C20H23N3O4/c1-12(20(26)15-5-7-16(8-6-15)22-13(2)24)21-18-11-17(23-14(3)25)9-10-19(18)27-4/h5-12,21H,1-4H3,(H,22,24)(H,23,25)/t12-/m0/s1. The van der Waals surface area contributed by atoms with E-state index < -0.39 is 6.04 Å². The smallest absolute Gasteiger partial charge is 0.221 e. The van der Waals surface area contributed by atoms with E-state index in [1.54, 1.807) is 49.4 Å². The van der Waals surface area contributed by atoms with Gasteiger partial charge in [-0.05, 0) is 49.4 Å². The Kier molecular flexibility index (Phi) is 6.54. The number of hydrogen-bond acceptors (Lipinski definition) is 5. The van der Waals surface area contributed by atoms with Crippen molar-refractivity contribution < 1.29 is 19.1 Å². The number of carbonyl (C=O) groups is 3. The molecular formula is C20H23N3O4. The van der Waals surface area contributed by atoms with Crippen LogP contribution in [0.15, 0.2) is 42.5 Å². The molecule has 0 saturated heterocycles. The predicted molar refractivity (Wildman–Crippen MR) is 105 cm³/mol. The Balaban J connectivity index is 2.15. The van der Waals surface area contributed by atoms with Gasteiger partial charge in [0, 0.05) is 30.8 Å². The molecule has 7 nitrogen and oxygen atoms in total. The van der Waals surface area contributed by atoms with Crippen LogP contribution in [0.5, 0.6) is 5.75 Å². The highest BCUT2D eigenvalue weighted by atomic mass is 16.5. The summed E-state index contributed by atoms with van der Waals surface area (Å²) in [4.78, 5) is 35.0. The first-order valence-corrected chi connectivity index (χ1v) is 8.44. The highest BCUT2D eigenvalue weighted by Crippen LogP contribution is 2.29. The molecule has 0 aliphatic carbocycles. The second-order valence-electron chi connectivity index (χ2n) is 6.09. The second-order valence-corrected chi connectivity index (χ2v) is 6.09. The number of benzene rings is 2. The molecule has 0 unspecified atom stereocenters. The molecule has 0 aliphatic rings. The van der Waals surface area contributed by atoms with Crippen LogP contribution in [0.2, 0.25) is 0 Å². The van der Waals surface area contributed by atoms with Gasteiger partial charge in [0.1, 0.15) is 5.75 Å². The molecule has 0 fully saturated rings. The summed E-state index contributed by atoms with van der Waals surface area (Å²) in [5, 5.41) is 8.48. The molecule has 0 aliphatic heterocycles. The van der Waals surface area contributed by atoms with Gasteiger partial charge in [-0.3, -0.25) is 14.4 Å². The summed E-state index contributed by atoms with van der Waals surface area (Å²) in [6, 6.07) is 11.3. The lowest BCUT2D eigenvalue weighted by atomic mass is 10.0. The normalized spacial score (nSPS) is 11.3. The summed E-state index contributed by atoms with van der Waals surface area (Å²) < 4.78 is 5.32. The van der Waals surface area contributed by atoms with Gasteiger partial charge in [-0.15, -0.1) is 0 Å². The van der Waals surface area contributed by atoms with Crippen LogP contribution in [0, 0.1) is 0 Å². The van der Waals surface area contributed by atoms with Gasteiger partial charge in [0.2, 0.25) is 11.8 Å². The first-order valence-electron chi connectivity index (χ1n) is 8.44. The van der Waals surface area contributed by atoms with E-state index in [4.69, 9.17) is 4.74 Å². The number of hydrogen-bond donors (Lipinski definition) is 3. The molecule has 142 valence electrons. The van der Waals surface area contributed by atoms with Crippen molar-refractivity contribution >= 4 is 34.7 Å². The maximum atomic E-state index is 12.7. The fourth-order valence-corrected chi connectivity index (χ4v) is 2.57. The first-order chi connectivity index (χ1) is 12.8. The Labute approximate surface area is 158 Å². The van der Waals surface area contributed by atoms with Gasteiger partial charge in [0.05, 0.1) is 18.8 Å². The molecular weight excluding hydrogens is 346 g/mol. The third-order valence-corrected chi connectivity index (χ3v) is 3.77. The molecule has 2 rings (SSSR count). The van der Waals surface area contributed by atoms with Gasteiger partial charge in [-0.25, -0.2) is 0 Å². The number of ketones is 1. The molecule has 0 bridgehead atoms. The fourth-order valence-electron chi connectivity index (χ4n) is 2.57. The average molecular weight is 369 g/mol. The number of amides is 2. The Morgan fingerprint density at radius 3 is 2.00 bits per heavy atom. The first kappa shape index (κ1) is 20.0. The van der Waals surface area contributed by atoms with Crippen LogP contribution in [-0.2, 0) is 9.59 Å². The Morgan fingerprint density at radius 2 is 1.44 bits per heavy atom. The van der Waals surface area contributed by atoms with E-state index in [1.165, 1.54) is 21.0 Å². The van der Waals surface area contributed by atoms with Crippen LogP contribution in [0.4, 0.5) is 17.1 Å². The van der Waals surface area contributed by atoms with Crippen LogP contribution in [0.1, 0.15) is 31.1 Å². The molecule has 0 radical (unpaired) electrons. The van der Waals surface area contributed by atoms with Gasteiger partial charge >= 0.3 is 0 Å². The summed E-state index contributed by atoms with van der Waals surface area (Å²) >= 11 is 0. The van der Waals surface area contributed by atoms with Gasteiger partial charge in [0.15, 0.2) is 5.78 Å². The number of carbonyl (C=O) groups excluding carboxylic acids is 3. The zero-order valence-electron chi connectivity index (χ0n) is 15.8. The number of Topliss-reactive ketones (excluding diaryl/α,β-unsaturated/α-hetero) is 1. The summed E-state index contributed by atoms with van der Waals surface area (Å²) in [6.45, 7) is 4.59. The van der Waals surface area contributed by atoms with Crippen LogP contribution < -0.4 is 20.7 Å². The van der Waals surface area contributed by atoms with Gasteiger partial charge < -0.3 is 20.7 Å². The maximum Gasteiger partial charge on any atom is 0.221 e. The van der Waals surface area contributed by atoms with E-state index in [0.29, 0.717) is 28.4 Å². The number of rotatable bonds is 7. The average Bonchev–Trinajstić information content (AvgIpc) is 2.61. The highest BCUT2D eigenvalue weighted by Gasteiger charge is 2.17. The number of ether oxygens (including phenoxy) is 1. The number of nitrogens with one attached hydrogen (secondary N) is 3. The SMILES string of the molecule is COc1ccc(NC(C)=O)cc1N[C@@H](C)C(=O)c1ccc(NC(C)=O)cc1.